The lowest BCUT2D eigenvalue weighted by molar-refractivity contribution is -0.137. The van der Waals surface area contributed by atoms with Crippen molar-refractivity contribution in [3.8, 4) is 0 Å². The summed E-state index contributed by atoms with van der Waals surface area (Å²) in [6.07, 6.45) is 3.28. The summed E-state index contributed by atoms with van der Waals surface area (Å²) in [6.45, 7) is 5.67. The molecule has 1 saturated heterocycles. The van der Waals surface area contributed by atoms with E-state index in [0.717, 1.165) is 24.1 Å². The van der Waals surface area contributed by atoms with Gasteiger partial charge in [0.25, 0.3) is 5.91 Å². The molecule has 4 rings (SSSR count). The number of piperidine rings is 1. The van der Waals surface area contributed by atoms with Gasteiger partial charge < -0.3 is 15.1 Å². The molecular weight excluding hydrogens is 412 g/mol. The van der Waals surface area contributed by atoms with Crippen LogP contribution in [-0.2, 0) is 16.1 Å². The number of carbonyl (C=O) groups excluding carboxylic acids is 3. The summed E-state index contributed by atoms with van der Waals surface area (Å²) in [5.74, 6) is -0.818. The van der Waals surface area contributed by atoms with Gasteiger partial charge in [0.2, 0.25) is 11.8 Å². The zero-order valence-corrected chi connectivity index (χ0v) is 18.7. The minimum Gasteiger partial charge on any atom is -0.354 e. The Morgan fingerprint density at radius 2 is 2.00 bits per heavy atom. The summed E-state index contributed by atoms with van der Waals surface area (Å²) >= 11 is 1.41. The minimum absolute atomic E-state index is 0.00386. The second-order valence-corrected chi connectivity index (χ2v) is 9.50. The molecule has 2 aromatic rings. The molecule has 2 aliphatic heterocycles. The van der Waals surface area contributed by atoms with Crippen LogP contribution in [0.3, 0.4) is 0 Å². The van der Waals surface area contributed by atoms with Crippen molar-refractivity contribution in [1.82, 2.24) is 20.1 Å². The van der Waals surface area contributed by atoms with Gasteiger partial charge in [0.05, 0.1) is 22.4 Å². The van der Waals surface area contributed by atoms with E-state index in [1.807, 2.05) is 43.5 Å². The summed E-state index contributed by atoms with van der Waals surface area (Å²) in [5, 5.41) is 4.84. The van der Waals surface area contributed by atoms with Crippen LogP contribution in [0.5, 0.6) is 0 Å². The van der Waals surface area contributed by atoms with Crippen molar-refractivity contribution < 1.29 is 14.4 Å². The normalized spacial score (nSPS) is 21.0. The van der Waals surface area contributed by atoms with Crippen LogP contribution in [-0.4, -0.2) is 58.2 Å². The number of carbonyl (C=O) groups is 3. The van der Waals surface area contributed by atoms with Gasteiger partial charge in [-0.25, -0.2) is 0 Å². The van der Waals surface area contributed by atoms with Crippen molar-refractivity contribution in [2.75, 3.05) is 19.6 Å². The Balaban J connectivity index is 1.54. The predicted molar refractivity (Wildman–Crippen MR) is 119 cm³/mol. The third-order valence-corrected chi connectivity index (χ3v) is 6.73. The highest BCUT2D eigenvalue weighted by Crippen LogP contribution is 2.31. The predicted octanol–water partition coefficient (Wildman–Crippen LogP) is 2.65. The van der Waals surface area contributed by atoms with Crippen molar-refractivity contribution in [3.05, 3.63) is 52.0 Å². The first-order valence-corrected chi connectivity index (χ1v) is 11.7. The number of aromatic nitrogens is 1. The van der Waals surface area contributed by atoms with E-state index in [1.54, 1.807) is 16.0 Å². The third kappa shape index (κ3) is 4.63. The first-order valence-electron chi connectivity index (χ1n) is 10.8. The van der Waals surface area contributed by atoms with Crippen LogP contribution in [0.2, 0.25) is 0 Å². The zero-order chi connectivity index (χ0) is 22.0. The van der Waals surface area contributed by atoms with Gasteiger partial charge >= 0.3 is 0 Å². The minimum atomic E-state index is -0.513. The molecule has 31 heavy (non-hydrogen) atoms. The number of amides is 3. The number of hydrogen-bond donors (Lipinski definition) is 1. The number of hydrogen-bond acceptors (Lipinski definition) is 5. The van der Waals surface area contributed by atoms with E-state index in [2.05, 4.69) is 10.3 Å². The summed E-state index contributed by atoms with van der Waals surface area (Å²) in [4.78, 5) is 47.8. The first-order chi connectivity index (χ1) is 14.9. The highest BCUT2D eigenvalue weighted by molar-refractivity contribution is 7.12. The highest BCUT2D eigenvalue weighted by atomic mass is 32.1. The van der Waals surface area contributed by atoms with E-state index in [9.17, 15) is 14.4 Å². The molecule has 0 radical (unpaired) electrons. The van der Waals surface area contributed by atoms with Crippen LogP contribution in [0.4, 0.5) is 0 Å². The number of likely N-dealkylation sites (tertiary alicyclic amines) is 1. The summed E-state index contributed by atoms with van der Waals surface area (Å²) in [6, 6.07) is 7.52. The molecule has 2 aromatic heterocycles. The molecule has 4 heterocycles. The SMILES string of the molecule is CC(C)NC(=O)C1CCCN(C(=O)C2CN(C(=O)c3cccs3)Cc3cccnc32)C1. The van der Waals surface area contributed by atoms with Gasteiger partial charge in [0, 0.05) is 38.4 Å². The van der Waals surface area contributed by atoms with Crippen molar-refractivity contribution in [3.63, 3.8) is 0 Å². The number of fused-ring (bicyclic) bond motifs is 1. The van der Waals surface area contributed by atoms with Crippen LogP contribution in [0.25, 0.3) is 0 Å². The summed E-state index contributed by atoms with van der Waals surface area (Å²) in [5.41, 5.74) is 1.65. The fraction of sp³-hybridized carbons (Fsp3) is 0.478. The lowest BCUT2D eigenvalue weighted by atomic mass is 9.90. The number of rotatable bonds is 4. The molecule has 1 fully saturated rings. The molecule has 0 aliphatic carbocycles. The van der Waals surface area contributed by atoms with Crippen LogP contribution in [0.1, 0.15) is 53.5 Å². The van der Waals surface area contributed by atoms with E-state index >= 15 is 0 Å². The number of pyridine rings is 1. The Morgan fingerprint density at radius 1 is 1.16 bits per heavy atom. The number of thiophene rings is 1. The van der Waals surface area contributed by atoms with E-state index in [-0.39, 0.29) is 29.7 Å². The van der Waals surface area contributed by atoms with E-state index in [0.29, 0.717) is 31.1 Å². The van der Waals surface area contributed by atoms with Crippen molar-refractivity contribution in [1.29, 1.82) is 0 Å². The molecule has 8 heteroatoms. The van der Waals surface area contributed by atoms with Crippen LogP contribution < -0.4 is 5.32 Å². The Morgan fingerprint density at radius 3 is 2.74 bits per heavy atom. The standard InChI is InChI=1S/C23H28N4O3S/c1-15(2)25-21(28)17-7-4-10-26(13-17)22(29)18-14-27(23(30)19-8-5-11-31-19)12-16-6-3-9-24-20(16)18/h3,5-6,8-9,11,15,17-18H,4,7,10,12-14H2,1-2H3,(H,25,28). The molecular formula is C23H28N4O3S. The molecule has 0 aromatic carbocycles. The Labute approximate surface area is 186 Å². The Bertz CT molecular complexity index is 959. The molecule has 2 aliphatic rings. The van der Waals surface area contributed by atoms with Gasteiger partial charge in [-0.05, 0) is 49.8 Å². The summed E-state index contributed by atoms with van der Waals surface area (Å²) in [7, 11) is 0. The lowest BCUT2D eigenvalue weighted by Crippen LogP contribution is -2.50. The third-order valence-electron chi connectivity index (χ3n) is 5.87. The van der Waals surface area contributed by atoms with Gasteiger partial charge in [0.1, 0.15) is 0 Å². The smallest absolute Gasteiger partial charge is 0.264 e. The van der Waals surface area contributed by atoms with Crippen molar-refractivity contribution >= 4 is 29.1 Å². The molecule has 2 atom stereocenters. The Kier molecular flexibility index (Phi) is 6.36. The lowest BCUT2D eigenvalue weighted by Gasteiger charge is -2.38. The maximum atomic E-state index is 13.6. The first kappa shape index (κ1) is 21.5. The van der Waals surface area contributed by atoms with Crippen molar-refractivity contribution in [2.24, 2.45) is 5.92 Å². The van der Waals surface area contributed by atoms with Crippen LogP contribution in [0, 0.1) is 5.92 Å². The quantitative estimate of drug-likeness (QED) is 0.792. The Hall–Kier alpha value is -2.74. The zero-order valence-electron chi connectivity index (χ0n) is 17.9. The summed E-state index contributed by atoms with van der Waals surface area (Å²) < 4.78 is 0. The molecule has 0 spiro atoms. The van der Waals surface area contributed by atoms with Crippen molar-refractivity contribution in [2.45, 2.75) is 45.2 Å². The molecule has 1 N–H and O–H groups in total. The molecule has 0 bridgehead atoms. The van der Waals surface area contributed by atoms with Crippen LogP contribution in [0.15, 0.2) is 35.8 Å². The average molecular weight is 441 g/mol. The number of nitrogens with zero attached hydrogens (tertiary/aromatic N) is 3. The van der Waals surface area contributed by atoms with E-state index in [1.165, 1.54) is 11.3 Å². The second kappa shape index (κ2) is 9.18. The van der Waals surface area contributed by atoms with Gasteiger partial charge in [0.15, 0.2) is 0 Å². The second-order valence-electron chi connectivity index (χ2n) is 8.55. The van der Waals surface area contributed by atoms with Gasteiger partial charge in [-0.3, -0.25) is 19.4 Å². The van der Waals surface area contributed by atoms with Gasteiger partial charge in [-0.15, -0.1) is 11.3 Å². The molecule has 0 saturated carbocycles. The average Bonchev–Trinajstić information content (AvgIpc) is 3.32. The fourth-order valence-corrected chi connectivity index (χ4v) is 5.09. The van der Waals surface area contributed by atoms with Crippen LogP contribution >= 0.6 is 11.3 Å². The van der Waals surface area contributed by atoms with Gasteiger partial charge in [-0.1, -0.05) is 12.1 Å². The highest BCUT2D eigenvalue weighted by Gasteiger charge is 2.38. The monoisotopic (exact) mass is 440 g/mol. The molecule has 3 amide bonds. The molecule has 164 valence electrons. The topological polar surface area (TPSA) is 82.6 Å². The number of nitrogens with one attached hydrogen (secondary N) is 1. The largest absolute Gasteiger partial charge is 0.354 e. The van der Waals surface area contributed by atoms with Gasteiger partial charge in [-0.2, -0.15) is 0 Å². The fourth-order valence-electron chi connectivity index (χ4n) is 4.40. The van der Waals surface area contributed by atoms with E-state index < -0.39 is 5.92 Å². The molecule has 7 nitrogen and oxygen atoms in total. The maximum absolute atomic E-state index is 13.6. The maximum Gasteiger partial charge on any atom is 0.264 e. The molecule has 2 unspecified atom stereocenters. The van der Waals surface area contributed by atoms with E-state index in [4.69, 9.17) is 0 Å².